The minimum absolute atomic E-state index is 0.0431. The normalized spacial score (nSPS) is 25.3. The van der Waals surface area contributed by atoms with Crippen LogP contribution in [0.3, 0.4) is 0 Å². The summed E-state index contributed by atoms with van der Waals surface area (Å²) in [5.74, 6) is -0.276. The Morgan fingerprint density at radius 1 is 1.89 bits per heavy atom. The van der Waals surface area contributed by atoms with Crippen LogP contribution in [0.5, 0.6) is 0 Å². The first-order valence-electron chi connectivity index (χ1n) is 2.33. The third kappa shape index (κ3) is 1.39. The molecule has 1 saturated heterocycles. The molecule has 0 aromatic carbocycles. The van der Waals surface area contributed by atoms with Gasteiger partial charge in [0.25, 0.3) is 18.8 Å². The van der Waals surface area contributed by atoms with Gasteiger partial charge in [-0.3, -0.25) is 14.9 Å². The van der Waals surface area contributed by atoms with Gasteiger partial charge in [-0.2, -0.15) is 0 Å². The Kier molecular flexibility index (Phi) is 1.64. The minimum Gasteiger partial charge on any atom is -0.418 e. The van der Waals surface area contributed by atoms with Gasteiger partial charge in [0.2, 0.25) is 0 Å². The fraction of sp³-hybridized carbons (Fsp3) is 0.500. The van der Waals surface area contributed by atoms with Crippen LogP contribution >= 0.6 is 0 Å². The van der Waals surface area contributed by atoms with Crippen LogP contribution < -0.4 is 5.32 Å². The topological polar surface area (TPSA) is 64.6 Å². The van der Waals surface area contributed by atoms with Crippen LogP contribution in [0.1, 0.15) is 0 Å². The van der Waals surface area contributed by atoms with Crippen molar-refractivity contribution in [2.24, 2.45) is 0 Å². The Morgan fingerprint density at radius 2 is 2.67 bits per heavy atom. The summed E-state index contributed by atoms with van der Waals surface area (Å²) in [4.78, 5) is 19.9. The summed E-state index contributed by atoms with van der Waals surface area (Å²) >= 11 is 0. The molecule has 5 heteroatoms. The second-order valence-corrected chi connectivity index (χ2v) is 1.44. The second-order valence-electron chi connectivity index (χ2n) is 1.44. The summed E-state index contributed by atoms with van der Waals surface area (Å²) in [5, 5.41) is 2.24. The van der Waals surface area contributed by atoms with Gasteiger partial charge in [0.05, 0.1) is 0 Å². The zero-order valence-corrected chi connectivity index (χ0v) is 4.49. The van der Waals surface area contributed by atoms with Crippen molar-refractivity contribution in [1.29, 1.82) is 0 Å². The quantitative estimate of drug-likeness (QED) is 0.467. The predicted molar refractivity (Wildman–Crippen MR) is 25.0 cm³/mol. The third-order valence-electron chi connectivity index (χ3n) is 0.824. The molecule has 0 bridgehead atoms. The Hall–Kier alpha value is -1.10. The van der Waals surface area contributed by atoms with Crippen LogP contribution in [0, 0.1) is 0 Å². The molecule has 1 aliphatic rings. The summed E-state index contributed by atoms with van der Waals surface area (Å²) in [5.41, 5.74) is 0. The molecule has 0 aliphatic carbocycles. The van der Waals surface area contributed by atoms with Crippen LogP contribution in [0.2, 0.25) is 0 Å². The first-order valence-corrected chi connectivity index (χ1v) is 2.33. The number of amides is 1. The maximum Gasteiger partial charge on any atom is 0.296 e. The summed E-state index contributed by atoms with van der Waals surface area (Å²) in [6, 6.07) is 0. The average molecular weight is 131 g/mol. The predicted octanol–water partition coefficient (Wildman–Crippen LogP) is -1.41. The number of hydrogen-bond donors (Lipinski definition) is 1. The first kappa shape index (κ1) is 6.03. The van der Waals surface area contributed by atoms with Gasteiger partial charge in [0.15, 0.2) is 0 Å². The molecule has 0 saturated carbocycles. The third-order valence-corrected chi connectivity index (χ3v) is 0.824. The lowest BCUT2D eigenvalue weighted by atomic mass is 10.7. The Bertz CT molecular complexity index is 135. The summed E-state index contributed by atoms with van der Waals surface area (Å²) in [6.45, 7) is 0.175. The summed E-state index contributed by atoms with van der Waals surface area (Å²) < 4.78 is 8.83. The van der Waals surface area contributed by atoms with E-state index in [0.29, 0.717) is 0 Å². The van der Waals surface area contributed by atoms with Gasteiger partial charge in [-0.1, -0.05) is 0 Å². The molecule has 5 nitrogen and oxygen atoms in total. The van der Waals surface area contributed by atoms with Gasteiger partial charge in [-0.05, 0) is 0 Å². The van der Waals surface area contributed by atoms with Crippen molar-refractivity contribution in [2.45, 2.75) is 6.41 Å². The zero-order chi connectivity index (χ0) is 6.69. The van der Waals surface area contributed by atoms with E-state index in [1.165, 1.54) is 0 Å². The maximum atomic E-state index is 10.3. The Labute approximate surface area is 50.9 Å². The van der Waals surface area contributed by atoms with Crippen LogP contribution in [0.4, 0.5) is 0 Å². The van der Waals surface area contributed by atoms with Gasteiger partial charge in [0.1, 0.15) is 6.61 Å². The number of carbonyl (C=O) groups excluding carboxylic acids is 2. The standard InChI is InChI=1S/C4H5NO4/c6-2-9-4-5-3(7)1-8-4/h2,4H,1H2,(H,5,7). The number of nitrogens with one attached hydrogen (secondary N) is 1. The molecular weight excluding hydrogens is 126 g/mol. The second kappa shape index (κ2) is 2.45. The maximum absolute atomic E-state index is 10.3. The van der Waals surface area contributed by atoms with E-state index in [9.17, 15) is 9.59 Å². The van der Waals surface area contributed by atoms with Crippen LogP contribution in [0.25, 0.3) is 0 Å². The van der Waals surface area contributed by atoms with Gasteiger partial charge < -0.3 is 9.47 Å². The van der Waals surface area contributed by atoms with Gasteiger partial charge in [-0.15, -0.1) is 0 Å². The number of carbonyl (C=O) groups is 2. The molecule has 1 N–H and O–H groups in total. The van der Waals surface area contributed by atoms with E-state index in [1.54, 1.807) is 0 Å². The van der Waals surface area contributed by atoms with Crippen molar-refractivity contribution in [3.63, 3.8) is 0 Å². The minimum atomic E-state index is -0.880. The highest BCUT2D eigenvalue weighted by molar-refractivity contribution is 5.78. The molecule has 1 aliphatic heterocycles. The average Bonchev–Trinajstić information content (AvgIpc) is 2.17. The lowest BCUT2D eigenvalue weighted by Gasteiger charge is -2.03. The van der Waals surface area contributed by atoms with E-state index < -0.39 is 6.41 Å². The van der Waals surface area contributed by atoms with Crippen LogP contribution in [-0.4, -0.2) is 25.4 Å². The van der Waals surface area contributed by atoms with Gasteiger partial charge in [-0.25, -0.2) is 0 Å². The Balaban J connectivity index is 2.29. The first-order chi connectivity index (χ1) is 4.33. The van der Waals surface area contributed by atoms with E-state index in [4.69, 9.17) is 0 Å². The number of ether oxygens (including phenoxy) is 2. The van der Waals surface area contributed by atoms with Crippen molar-refractivity contribution in [3.05, 3.63) is 0 Å². The van der Waals surface area contributed by atoms with Crippen molar-refractivity contribution >= 4 is 12.4 Å². The lowest BCUT2D eigenvalue weighted by Crippen LogP contribution is -2.28. The Morgan fingerprint density at radius 3 is 3.11 bits per heavy atom. The molecule has 0 spiro atoms. The highest BCUT2D eigenvalue weighted by Crippen LogP contribution is 1.95. The highest BCUT2D eigenvalue weighted by atomic mass is 16.7. The van der Waals surface area contributed by atoms with Crippen molar-refractivity contribution in [2.75, 3.05) is 6.61 Å². The van der Waals surface area contributed by atoms with E-state index in [2.05, 4.69) is 14.8 Å². The fourth-order valence-corrected chi connectivity index (χ4v) is 0.490. The van der Waals surface area contributed by atoms with E-state index >= 15 is 0 Å². The molecule has 1 heterocycles. The molecule has 1 fully saturated rings. The van der Waals surface area contributed by atoms with Gasteiger partial charge >= 0.3 is 0 Å². The van der Waals surface area contributed by atoms with E-state index in [1.807, 2.05) is 0 Å². The number of hydrogen-bond acceptors (Lipinski definition) is 4. The molecule has 9 heavy (non-hydrogen) atoms. The van der Waals surface area contributed by atoms with Crippen molar-refractivity contribution in [3.8, 4) is 0 Å². The van der Waals surface area contributed by atoms with E-state index in [0.717, 1.165) is 0 Å². The van der Waals surface area contributed by atoms with Crippen LogP contribution in [-0.2, 0) is 19.1 Å². The van der Waals surface area contributed by atoms with E-state index in [-0.39, 0.29) is 19.0 Å². The largest absolute Gasteiger partial charge is 0.418 e. The molecule has 1 rings (SSSR count). The summed E-state index contributed by atoms with van der Waals surface area (Å²) in [6.07, 6.45) is -0.880. The van der Waals surface area contributed by atoms with Gasteiger partial charge in [0, 0.05) is 0 Å². The lowest BCUT2D eigenvalue weighted by molar-refractivity contribution is -0.157. The molecular formula is C4H5NO4. The molecule has 1 atom stereocenters. The zero-order valence-electron chi connectivity index (χ0n) is 4.49. The molecule has 0 aromatic heterocycles. The molecule has 0 radical (unpaired) electrons. The number of rotatable bonds is 2. The SMILES string of the molecule is O=COC1NC(=O)CO1. The molecule has 0 aromatic rings. The smallest absolute Gasteiger partial charge is 0.296 e. The van der Waals surface area contributed by atoms with Crippen molar-refractivity contribution in [1.82, 2.24) is 5.32 Å². The molecule has 50 valence electrons. The molecule has 1 amide bonds. The van der Waals surface area contributed by atoms with Crippen molar-refractivity contribution < 1.29 is 19.1 Å². The monoisotopic (exact) mass is 131 g/mol. The highest BCUT2D eigenvalue weighted by Gasteiger charge is 2.21. The van der Waals surface area contributed by atoms with Crippen LogP contribution in [0.15, 0.2) is 0 Å². The fourth-order valence-electron chi connectivity index (χ4n) is 0.490. The molecule has 1 unspecified atom stereocenters. The summed E-state index contributed by atoms with van der Waals surface area (Å²) in [7, 11) is 0.